The molecule has 0 saturated carbocycles. The number of urea groups is 1. The van der Waals surface area contributed by atoms with Crippen LogP contribution in [0.15, 0.2) is 48.5 Å². The van der Waals surface area contributed by atoms with Crippen LogP contribution in [0, 0.1) is 12.7 Å². The highest BCUT2D eigenvalue weighted by Gasteiger charge is 2.10. The van der Waals surface area contributed by atoms with Gasteiger partial charge in [-0.15, -0.1) is 0 Å². The van der Waals surface area contributed by atoms with E-state index in [1.54, 1.807) is 13.0 Å². The minimum Gasteiger partial charge on any atom is -0.334 e. The number of hydrogen-bond acceptors (Lipinski definition) is 1. The molecular formula is C17H19FN2O. The largest absolute Gasteiger partial charge is 0.334 e. The SMILES string of the molecule is Cc1ccc(C(C)NC(=O)NCc2ccccc2)cc1F. The van der Waals surface area contributed by atoms with Gasteiger partial charge in [0, 0.05) is 6.54 Å². The molecule has 0 radical (unpaired) electrons. The van der Waals surface area contributed by atoms with Crippen LogP contribution in [0.2, 0.25) is 0 Å². The van der Waals surface area contributed by atoms with Gasteiger partial charge in [-0.2, -0.15) is 0 Å². The second-order valence-corrected chi connectivity index (χ2v) is 5.04. The average molecular weight is 286 g/mol. The second kappa shape index (κ2) is 6.88. The van der Waals surface area contributed by atoms with Crippen LogP contribution < -0.4 is 10.6 Å². The van der Waals surface area contributed by atoms with Crippen molar-refractivity contribution in [3.63, 3.8) is 0 Å². The maximum atomic E-state index is 13.5. The minimum atomic E-state index is -0.271. The highest BCUT2D eigenvalue weighted by atomic mass is 19.1. The summed E-state index contributed by atoms with van der Waals surface area (Å²) in [5.41, 5.74) is 2.37. The highest BCUT2D eigenvalue weighted by Crippen LogP contribution is 2.16. The molecule has 110 valence electrons. The van der Waals surface area contributed by atoms with Gasteiger partial charge in [-0.05, 0) is 36.6 Å². The number of aryl methyl sites for hydroxylation is 1. The van der Waals surface area contributed by atoms with E-state index in [2.05, 4.69) is 10.6 Å². The summed E-state index contributed by atoms with van der Waals surface area (Å²) in [5, 5.41) is 5.58. The number of halogens is 1. The second-order valence-electron chi connectivity index (χ2n) is 5.04. The maximum absolute atomic E-state index is 13.5. The molecule has 3 nitrogen and oxygen atoms in total. The molecule has 0 saturated heterocycles. The molecule has 1 atom stereocenters. The Labute approximate surface area is 124 Å². The smallest absolute Gasteiger partial charge is 0.315 e. The van der Waals surface area contributed by atoms with Gasteiger partial charge >= 0.3 is 6.03 Å². The van der Waals surface area contributed by atoms with Gasteiger partial charge in [0.2, 0.25) is 0 Å². The Morgan fingerprint density at radius 3 is 2.57 bits per heavy atom. The fourth-order valence-corrected chi connectivity index (χ4v) is 1.99. The molecule has 2 aromatic carbocycles. The lowest BCUT2D eigenvalue weighted by molar-refractivity contribution is 0.237. The quantitative estimate of drug-likeness (QED) is 0.884. The van der Waals surface area contributed by atoms with Crippen LogP contribution in [0.4, 0.5) is 9.18 Å². The van der Waals surface area contributed by atoms with Gasteiger partial charge < -0.3 is 10.6 Å². The normalized spacial score (nSPS) is 11.8. The zero-order chi connectivity index (χ0) is 15.2. The molecule has 2 amide bonds. The van der Waals surface area contributed by atoms with E-state index in [4.69, 9.17) is 0 Å². The maximum Gasteiger partial charge on any atom is 0.315 e. The third-order valence-electron chi connectivity index (χ3n) is 3.34. The molecule has 0 aliphatic rings. The van der Waals surface area contributed by atoms with Crippen LogP contribution in [0.5, 0.6) is 0 Å². The van der Waals surface area contributed by atoms with Crippen molar-refractivity contribution < 1.29 is 9.18 Å². The van der Waals surface area contributed by atoms with Crippen molar-refractivity contribution in [1.29, 1.82) is 0 Å². The first kappa shape index (κ1) is 15.0. The number of benzene rings is 2. The highest BCUT2D eigenvalue weighted by molar-refractivity contribution is 5.74. The summed E-state index contributed by atoms with van der Waals surface area (Å²) in [6.07, 6.45) is 0. The number of hydrogen-bond donors (Lipinski definition) is 2. The summed E-state index contributed by atoms with van der Waals surface area (Å²) in [4.78, 5) is 11.8. The van der Waals surface area contributed by atoms with Crippen molar-refractivity contribution in [2.24, 2.45) is 0 Å². The molecule has 1 unspecified atom stereocenters. The third kappa shape index (κ3) is 4.31. The Hall–Kier alpha value is -2.36. The molecule has 0 aliphatic heterocycles. The van der Waals surface area contributed by atoms with Crippen molar-refractivity contribution in [3.05, 3.63) is 71.0 Å². The van der Waals surface area contributed by atoms with E-state index >= 15 is 0 Å². The standard InChI is InChI=1S/C17H19FN2O/c1-12-8-9-15(10-16(12)18)13(2)20-17(21)19-11-14-6-4-3-5-7-14/h3-10,13H,11H2,1-2H3,(H2,19,20,21). The fourth-order valence-electron chi connectivity index (χ4n) is 1.99. The van der Waals surface area contributed by atoms with Crippen molar-refractivity contribution in [2.75, 3.05) is 0 Å². The van der Waals surface area contributed by atoms with Gasteiger partial charge in [0.25, 0.3) is 0 Å². The number of nitrogens with one attached hydrogen (secondary N) is 2. The minimum absolute atomic E-state index is 0.254. The van der Waals surface area contributed by atoms with Gasteiger partial charge in [-0.25, -0.2) is 9.18 Å². The molecule has 0 bridgehead atoms. The van der Waals surface area contributed by atoms with Crippen molar-refractivity contribution in [2.45, 2.75) is 26.4 Å². The van der Waals surface area contributed by atoms with Gasteiger partial charge in [-0.3, -0.25) is 0 Å². The van der Waals surface area contributed by atoms with E-state index < -0.39 is 0 Å². The molecule has 0 spiro atoms. The van der Waals surface area contributed by atoms with Crippen LogP contribution in [-0.2, 0) is 6.54 Å². The molecule has 2 rings (SSSR count). The Balaban J connectivity index is 1.88. The Kier molecular flexibility index (Phi) is 4.93. The van der Waals surface area contributed by atoms with Crippen molar-refractivity contribution in [1.82, 2.24) is 10.6 Å². The third-order valence-corrected chi connectivity index (χ3v) is 3.34. The first-order valence-electron chi connectivity index (χ1n) is 6.90. The predicted molar refractivity (Wildman–Crippen MR) is 81.4 cm³/mol. The molecule has 2 aromatic rings. The lowest BCUT2D eigenvalue weighted by Crippen LogP contribution is -2.36. The van der Waals surface area contributed by atoms with Gasteiger partial charge in [0.05, 0.1) is 6.04 Å². The number of rotatable bonds is 4. The van der Waals surface area contributed by atoms with Gasteiger partial charge in [-0.1, -0.05) is 42.5 Å². The molecule has 0 aliphatic carbocycles. The van der Waals surface area contributed by atoms with Crippen LogP contribution in [0.3, 0.4) is 0 Å². The van der Waals surface area contributed by atoms with Crippen LogP contribution in [0.1, 0.15) is 29.7 Å². The molecule has 0 fully saturated rings. The molecule has 0 heterocycles. The van der Waals surface area contributed by atoms with E-state index in [1.807, 2.05) is 43.3 Å². The molecule has 2 N–H and O–H groups in total. The Morgan fingerprint density at radius 2 is 1.90 bits per heavy atom. The Morgan fingerprint density at radius 1 is 1.19 bits per heavy atom. The van der Waals surface area contributed by atoms with Gasteiger partial charge in [0.15, 0.2) is 0 Å². The monoisotopic (exact) mass is 286 g/mol. The summed E-state index contributed by atoms with van der Waals surface area (Å²) < 4.78 is 13.5. The summed E-state index contributed by atoms with van der Waals surface area (Å²) in [6.45, 7) is 4.00. The molecule has 0 aromatic heterocycles. The number of amides is 2. The van der Waals surface area contributed by atoms with Crippen LogP contribution in [0.25, 0.3) is 0 Å². The van der Waals surface area contributed by atoms with E-state index in [-0.39, 0.29) is 17.9 Å². The van der Waals surface area contributed by atoms with E-state index in [1.165, 1.54) is 6.07 Å². The van der Waals surface area contributed by atoms with Crippen molar-refractivity contribution in [3.8, 4) is 0 Å². The first-order valence-corrected chi connectivity index (χ1v) is 6.90. The van der Waals surface area contributed by atoms with E-state index in [0.29, 0.717) is 12.1 Å². The molecule has 21 heavy (non-hydrogen) atoms. The van der Waals surface area contributed by atoms with E-state index in [9.17, 15) is 9.18 Å². The topological polar surface area (TPSA) is 41.1 Å². The zero-order valence-electron chi connectivity index (χ0n) is 12.2. The van der Waals surface area contributed by atoms with E-state index in [0.717, 1.165) is 11.1 Å². The Bertz CT molecular complexity index is 613. The lowest BCUT2D eigenvalue weighted by Gasteiger charge is -2.15. The number of carbonyl (C=O) groups excluding carboxylic acids is 1. The first-order chi connectivity index (χ1) is 10.1. The molecule has 4 heteroatoms. The van der Waals surface area contributed by atoms with Gasteiger partial charge in [0.1, 0.15) is 5.82 Å². The van der Waals surface area contributed by atoms with Crippen LogP contribution in [-0.4, -0.2) is 6.03 Å². The fraction of sp³-hybridized carbons (Fsp3) is 0.235. The zero-order valence-corrected chi connectivity index (χ0v) is 12.2. The lowest BCUT2D eigenvalue weighted by atomic mass is 10.1. The van der Waals surface area contributed by atoms with Crippen molar-refractivity contribution >= 4 is 6.03 Å². The number of carbonyl (C=O) groups is 1. The summed E-state index contributed by atoms with van der Waals surface area (Å²) in [7, 11) is 0. The summed E-state index contributed by atoms with van der Waals surface area (Å²) >= 11 is 0. The van der Waals surface area contributed by atoms with Crippen LogP contribution >= 0.6 is 0 Å². The average Bonchev–Trinajstić information content (AvgIpc) is 2.49. The molecular weight excluding hydrogens is 267 g/mol. The summed E-state index contributed by atoms with van der Waals surface area (Å²) in [6, 6.07) is 14.1. The summed E-state index contributed by atoms with van der Waals surface area (Å²) in [5.74, 6) is -0.258. The predicted octanol–water partition coefficient (Wildman–Crippen LogP) is 3.69.